The Morgan fingerprint density at radius 1 is 1.22 bits per heavy atom. The maximum absolute atomic E-state index is 13.2. The summed E-state index contributed by atoms with van der Waals surface area (Å²) in [6.07, 6.45) is 0.477. The molecule has 32 heavy (non-hydrogen) atoms. The molecule has 0 bridgehead atoms. The molecule has 0 unspecified atom stereocenters. The van der Waals surface area contributed by atoms with Crippen LogP contribution in [0.3, 0.4) is 0 Å². The summed E-state index contributed by atoms with van der Waals surface area (Å²) in [5, 5.41) is 3.08. The van der Waals surface area contributed by atoms with E-state index in [1.54, 1.807) is 27.0 Å². The first-order chi connectivity index (χ1) is 15.3. The van der Waals surface area contributed by atoms with E-state index in [0.717, 1.165) is 12.0 Å². The van der Waals surface area contributed by atoms with Crippen LogP contribution in [0, 0.1) is 0 Å². The van der Waals surface area contributed by atoms with Crippen LogP contribution in [0.15, 0.2) is 36.4 Å². The molecule has 1 atom stereocenters. The molecule has 2 amide bonds. The number of aromatic nitrogens is 1. The SMILES string of the molecule is CC[C@@H](NC(=O)c1cc(C(=O)N(C)CC(=O)OC(C)C)n2c1COCC2)c1ccccc1. The molecule has 0 radical (unpaired) electrons. The Morgan fingerprint density at radius 2 is 1.94 bits per heavy atom. The minimum absolute atomic E-state index is 0.142. The van der Waals surface area contributed by atoms with Crippen LogP contribution in [-0.2, 0) is 27.4 Å². The van der Waals surface area contributed by atoms with Gasteiger partial charge in [0.2, 0.25) is 0 Å². The Bertz CT molecular complexity index is 968. The van der Waals surface area contributed by atoms with E-state index >= 15 is 0 Å². The van der Waals surface area contributed by atoms with Crippen molar-refractivity contribution in [3.05, 3.63) is 58.9 Å². The molecule has 1 aliphatic heterocycles. The van der Waals surface area contributed by atoms with E-state index in [4.69, 9.17) is 9.47 Å². The fourth-order valence-electron chi connectivity index (χ4n) is 3.80. The predicted molar refractivity (Wildman–Crippen MR) is 119 cm³/mol. The molecule has 172 valence electrons. The molecule has 0 spiro atoms. The van der Waals surface area contributed by atoms with Gasteiger partial charge in [0.15, 0.2) is 0 Å². The quantitative estimate of drug-likeness (QED) is 0.636. The summed E-state index contributed by atoms with van der Waals surface area (Å²) in [4.78, 5) is 39.6. The van der Waals surface area contributed by atoms with Gasteiger partial charge in [-0.05, 0) is 31.9 Å². The van der Waals surface area contributed by atoms with Crippen LogP contribution in [0.2, 0.25) is 0 Å². The average Bonchev–Trinajstić information content (AvgIpc) is 3.16. The molecule has 2 heterocycles. The number of fused-ring (bicyclic) bond motifs is 1. The maximum atomic E-state index is 13.2. The number of hydrogen-bond acceptors (Lipinski definition) is 5. The van der Waals surface area contributed by atoms with E-state index in [0.29, 0.717) is 30.1 Å². The fraction of sp³-hybridized carbons (Fsp3) is 0.458. The zero-order valence-electron chi connectivity index (χ0n) is 19.1. The summed E-state index contributed by atoms with van der Waals surface area (Å²) in [5.74, 6) is -1.07. The second-order valence-electron chi connectivity index (χ2n) is 8.14. The molecule has 0 aliphatic carbocycles. The van der Waals surface area contributed by atoms with Crippen LogP contribution in [0.25, 0.3) is 0 Å². The summed E-state index contributed by atoms with van der Waals surface area (Å²) in [5.41, 5.74) is 2.46. The van der Waals surface area contributed by atoms with E-state index in [1.165, 1.54) is 4.90 Å². The third kappa shape index (κ3) is 5.37. The topological polar surface area (TPSA) is 89.9 Å². The maximum Gasteiger partial charge on any atom is 0.325 e. The van der Waals surface area contributed by atoms with E-state index in [9.17, 15) is 14.4 Å². The largest absolute Gasteiger partial charge is 0.462 e. The molecule has 3 rings (SSSR count). The summed E-state index contributed by atoms with van der Waals surface area (Å²) >= 11 is 0. The molecule has 1 aromatic heterocycles. The van der Waals surface area contributed by atoms with Gasteiger partial charge in [0.25, 0.3) is 11.8 Å². The molecule has 1 aliphatic rings. The van der Waals surface area contributed by atoms with Crippen LogP contribution >= 0.6 is 0 Å². The Hall–Kier alpha value is -3.13. The second kappa shape index (κ2) is 10.5. The number of rotatable bonds is 8. The molecule has 0 fully saturated rings. The van der Waals surface area contributed by atoms with Crippen molar-refractivity contribution >= 4 is 17.8 Å². The number of carbonyl (C=O) groups is 3. The van der Waals surface area contributed by atoms with E-state index in [2.05, 4.69) is 5.32 Å². The van der Waals surface area contributed by atoms with Crippen LogP contribution in [0.4, 0.5) is 0 Å². The van der Waals surface area contributed by atoms with E-state index < -0.39 is 5.97 Å². The normalized spacial score (nSPS) is 13.9. The number of amides is 2. The first-order valence-electron chi connectivity index (χ1n) is 10.9. The minimum atomic E-state index is -0.476. The van der Waals surface area contributed by atoms with E-state index in [-0.39, 0.29) is 37.1 Å². The van der Waals surface area contributed by atoms with Crippen molar-refractivity contribution in [2.75, 3.05) is 20.2 Å². The zero-order chi connectivity index (χ0) is 23.3. The Balaban J connectivity index is 1.83. The highest BCUT2D eigenvalue weighted by atomic mass is 16.5. The van der Waals surface area contributed by atoms with Crippen LogP contribution in [0.5, 0.6) is 0 Å². The minimum Gasteiger partial charge on any atom is -0.462 e. The van der Waals surface area contributed by atoms with Crippen LogP contribution in [0.1, 0.15) is 65.3 Å². The van der Waals surface area contributed by atoms with Gasteiger partial charge in [-0.2, -0.15) is 0 Å². The smallest absolute Gasteiger partial charge is 0.325 e. The lowest BCUT2D eigenvalue weighted by Gasteiger charge is -2.22. The molecule has 2 aromatic rings. The highest BCUT2D eigenvalue weighted by Gasteiger charge is 2.29. The number of likely N-dealkylation sites (N-methyl/N-ethyl adjacent to an activating group) is 1. The molecule has 0 saturated carbocycles. The molecule has 1 aromatic carbocycles. The average molecular weight is 442 g/mol. The number of benzene rings is 1. The van der Waals surface area contributed by atoms with Gasteiger partial charge in [0, 0.05) is 13.6 Å². The number of ether oxygens (including phenoxy) is 2. The predicted octanol–water partition coefficient (Wildman–Crippen LogP) is 2.92. The number of carbonyl (C=O) groups excluding carboxylic acids is 3. The third-order valence-corrected chi connectivity index (χ3v) is 5.37. The highest BCUT2D eigenvalue weighted by molar-refractivity contribution is 6.01. The van der Waals surface area contributed by atoms with Gasteiger partial charge < -0.3 is 24.3 Å². The lowest BCUT2D eigenvalue weighted by molar-refractivity contribution is -0.147. The molecule has 8 heteroatoms. The van der Waals surface area contributed by atoms with Crippen molar-refractivity contribution in [2.24, 2.45) is 0 Å². The Kier molecular flexibility index (Phi) is 7.69. The van der Waals surface area contributed by atoms with Crippen LogP contribution in [-0.4, -0.2) is 53.6 Å². The Morgan fingerprint density at radius 3 is 2.59 bits per heavy atom. The highest BCUT2D eigenvalue weighted by Crippen LogP contribution is 2.24. The molecule has 8 nitrogen and oxygen atoms in total. The summed E-state index contributed by atoms with van der Waals surface area (Å²) < 4.78 is 12.5. The standard InChI is InChI=1S/C24H31N3O5/c1-5-19(17-9-7-6-8-10-17)25-23(29)18-13-20(27-11-12-31-15-21(18)27)24(30)26(4)14-22(28)32-16(2)3/h6-10,13,16,19H,5,11-12,14-15H2,1-4H3,(H,25,29)/t19-/m1/s1. The summed E-state index contributed by atoms with van der Waals surface area (Å²) in [6.45, 7) is 6.52. The van der Waals surface area contributed by atoms with Crippen molar-refractivity contribution < 1.29 is 23.9 Å². The lowest BCUT2D eigenvalue weighted by atomic mass is 10.0. The third-order valence-electron chi connectivity index (χ3n) is 5.37. The zero-order valence-corrected chi connectivity index (χ0v) is 19.1. The first-order valence-corrected chi connectivity index (χ1v) is 10.9. The Labute approximate surface area is 188 Å². The van der Waals surface area contributed by atoms with Gasteiger partial charge >= 0.3 is 5.97 Å². The van der Waals surface area contributed by atoms with Gasteiger partial charge in [0.05, 0.1) is 36.6 Å². The van der Waals surface area contributed by atoms with Gasteiger partial charge in [-0.25, -0.2) is 0 Å². The number of hydrogen-bond donors (Lipinski definition) is 1. The first kappa shape index (κ1) is 23.5. The second-order valence-corrected chi connectivity index (χ2v) is 8.14. The summed E-state index contributed by atoms with van der Waals surface area (Å²) in [7, 11) is 1.55. The fourth-order valence-corrected chi connectivity index (χ4v) is 3.80. The molecule has 0 saturated heterocycles. The lowest BCUT2D eigenvalue weighted by Crippen LogP contribution is -2.35. The van der Waals surface area contributed by atoms with Crippen molar-refractivity contribution in [3.8, 4) is 0 Å². The van der Waals surface area contributed by atoms with Crippen molar-refractivity contribution in [1.29, 1.82) is 0 Å². The number of esters is 1. The van der Waals surface area contributed by atoms with Gasteiger partial charge in [-0.1, -0.05) is 37.3 Å². The monoisotopic (exact) mass is 441 g/mol. The molecular formula is C24H31N3O5. The van der Waals surface area contributed by atoms with Crippen LogP contribution < -0.4 is 5.32 Å². The summed E-state index contributed by atoms with van der Waals surface area (Å²) in [6, 6.07) is 11.2. The number of nitrogens with zero attached hydrogens (tertiary/aromatic N) is 2. The van der Waals surface area contributed by atoms with Crippen molar-refractivity contribution in [1.82, 2.24) is 14.8 Å². The number of nitrogens with one attached hydrogen (secondary N) is 1. The van der Waals surface area contributed by atoms with E-state index in [1.807, 2.05) is 41.8 Å². The van der Waals surface area contributed by atoms with Crippen molar-refractivity contribution in [3.63, 3.8) is 0 Å². The molecular weight excluding hydrogens is 410 g/mol. The van der Waals surface area contributed by atoms with Gasteiger partial charge in [0.1, 0.15) is 12.2 Å². The van der Waals surface area contributed by atoms with Gasteiger partial charge in [-0.15, -0.1) is 0 Å². The molecule has 1 N–H and O–H groups in total. The van der Waals surface area contributed by atoms with Gasteiger partial charge in [-0.3, -0.25) is 14.4 Å². The van der Waals surface area contributed by atoms with Crippen molar-refractivity contribution in [2.45, 2.75) is 52.5 Å².